The highest BCUT2D eigenvalue weighted by Crippen LogP contribution is 2.64. The van der Waals surface area contributed by atoms with E-state index in [-0.39, 0.29) is 19.6 Å². The Kier molecular flexibility index (Phi) is 8.11. The van der Waals surface area contributed by atoms with Crippen molar-refractivity contribution in [2.75, 3.05) is 26.4 Å². The molecule has 1 heterocycles. The largest absolute Gasteiger partial charge is 0.460 e. The normalized spacial score (nSPS) is 19.0. The van der Waals surface area contributed by atoms with Crippen molar-refractivity contribution in [1.82, 2.24) is 0 Å². The summed E-state index contributed by atoms with van der Waals surface area (Å²) in [6, 6.07) is 0. The third-order valence-electron chi connectivity index (χ3n) is 5.32. The van der Waals surface area contributed by atoms with Gasteiger partial charge in [-0.2, -0.15) is 74.6 Å². The molecule has 0 aromatic rings. The van der Waals surface area contributed by atoms with Gasteiger partial charge in [-0.15, -0.1) is 0 Å². The molecule has 0 saturated carbocycles. The van der Waals surface area contributed by atoms with Crippen molar-refractivity contribution in [3.8, 4) is 0 Å². The van der Waals surface area contributed by atoms with E-state index >= 15 is 0 Å². The van der Waals surface area contributed by atoms with Crippen molar-refractivity contribution in [2.24, 2.45) is 5.41 Å². The number of alkyl halides is 17. The van der Waals surface area contributed by atoms with Crippen molar-refractivity contribution < 1.29 is 84.1 Å². The molecular formula is C16H15F17O2. The second kappa shape index (κ2) is 8.93. The van der Waals surface area contributed by atoms with Crippen molar-refractivity contribution in [2.45, 2.75) is 67.4 Å². The van der Waals surface area contributed by atoms with E-state index in [0.717, 1.165) is 0 Å². The monoisotopic (exact) mass is 562 g/mol. The molecule has 35 heavy (non-hydrogen) atoms. The van der Waals surface area contributed by atoms with Crippen LogP contribution in [0.1, 0.15) is 19.8 Å². The van der Waals surface area contributed by atoms with Crippen molar-refractivity contribution in [3.05, 3.63) is 0 Å². The lowest BCUT2D eigenvalue weighted by molar-refractivity contribution is -0.462. The van der Waals surface area contributed by atoms with Gasteiger partial charge >= 0.3 is 47.6 Å². The van der Waals surface area contributed by atoms with E-state index in [1.54, 1.807) is 6.92 Å². The molecule has 0 amide bonds. The van der Waals surface area contributed by atoms with Gasteiger partial charge < -0.3 is 9.47 Å². The molecule has 19 heteroatoms. The van der Waals surface area contributed by atoms with Crippen LogP contribution < -0.4 is 0 Å². The number of ether oxygens (including phenoxy) is 2. The molecule has 0 bridgehead atoms. The molecule has 1 saturated heterocycles. The Balaban J connectivity index is 3.24. The Morgan fingerprint density at radius 1 is 0.600 bits per heavy atom. The lowest BCUT2D eigenvalue weighted by Crippen LogP contribution is -2.74. The van der Waals surface area contributed by atoms with Gasteiger partial charge in [0, 0.05) is 11.8 Å². The van der Waals surface area contributed by atoms with Crippen LogP contribution in [0.4, 0.5) is 74.6 Å². The van der Waals surface area contributed by atoms with E-state index in [4.69, 9.17) is 4.74 Å². The van der Waals surface area contributed by atoms with Crippen LogP contribution in [-0.4, -0.2) is 74.1 Å². The highest BCUT2D eigenvalue weighted by atomic mass is 19.4. The summed E-state index contributed by atoms with van der Waals surface area (Å²) in [6.07, 6.45) is -10.1. The summed E-state index contributed by atoms with van der Waals surface area (Å²) in [6.45, 7) is -0.521. The van der Waals surface area contributed by atoms with Crippen LogP contribution in [0, 0.1) is 5.41 Å². The van der Waals surface area contributed by atoms with Crippen molar-refractivity contribution >= 4 is 0 Å². The molecule has 1 aliphatic rings. The summed E-state index contributed by atoms with van der Waals surface area (Å²) in [4.78, 5) is 0. The Morgan fingerprint density at radius 3 is 1.29 bits per heavy atom. The number of hydrogen-bond acceptors (Lipinski definition) is 2. The molecule has 1 aliphatic heterocycles. The third-order valence-corrected chi connectivity index (χ3v) is 5.32. The predicted molar refractivity (Wildman–Crippen MR) is 79.7 cm³/mol. The van der Waals surface area contributed by atoms with Gasteiger partial charge in [0.25, 0.3) is 0 Å². The summed E-state index contributed by atoms with van der Waals surface area (Å²) >= 11 is 0. The second-order valence-corrected chi connectivity index (χ2v) is 7.80. The average molecular weight is 562 g/mol. The summed E-state index contributed by atoms with van der Waals surface area (Å²) < 4.78 is 233. The highest BCUT2D eigenvalue weighted by molar-refractivity contribution is 5.15. The minimum absolute atomic E-state index is 0.00615. The SMILES string of the molecule is CCC1(COCCC(F)(F)C(F)(F)C(F)(F)C(F)(F)C(F)(F)C(F)(F)C(F)(F)C(F)(F)F)COC1. The van der Waals surface area contributed by atoms with Crippen LogP contribution in [0.15, 0.2) is 0 Å². The zero-order chi connectivity index (χ0) is 28.2. The maximum absolute atomic E-state index is 13.7. The molecule has 0 spiro atoms. The van der Waals surface area contributed by atoms with Crippen LogP contribution in [0.2, 0.25) is 0 Å². The molecule has 1 rings (SSSR count). The summed E-state index contributed by atoms with van der Waals surface area (Å²) in [5.74, 6) is -56.2. The first-order chi connectivity index (χ1) is 15.2. The maximum Gasteiger partial charge on any atom is 0.460 e. The van der Waals surface area contributed by atoms with Crippen molar-refractivity contribution in [1.29, 1.82) is 0 Å². The van der Waals surface area contributed by atoms with Gasteiger partial charge in [0.15, 0.2) is 0 Å². The van der Waals surface area contributed by atoms with E-state index in [2.05, 4.69) is 4.74 Å². The van der Waals surface area contributed by atoms with Crippen LogP contribution in [0.3, 0.4) is 0 Å². The minimum Gasteiger partial charge on any atom is -0.380 e. The van der Waals surface area contributed by atoms with Gasteiger partial charge in [-0.1, -0.05) is 6.92 Å². The molecule has 2 nitrogen and oxygen atoms in total. The third kappa shape index (κ3) is 4.63. The lowest BCUT2D eigenvalue weighted by Gasteiger charge is -2.43. The van der Waals surface area contributed by atoms with Crippen LogP contribution in [-0.2, 0) is 9.47 Å². The number of rotatable bonds is 12. The molecule has 0 aromatic carbocycles. The van der Waals surface area contributed by atoms with E-state index < -0.39 is 72.7 Å². The molecule has 0 N–H and O–H groups in total. The summed E-state index contributed by atoms with van der Waals surface area (Å²) in [7, 11) is 0. The van der Waals surface area contributed by atoms with Gasteiger partial charge in [0.05, 0.1) is 26.4 Å². The zero-order valence-electron chi connectivity index (χ0n) is 17.0. The Morgan fingerprint density at radius 2 is 0.971 bits per heavy atom. The fourth-order valence-electron chi connectivity index (χ4n) is 2.62. The zero-order valence-corrected chi connectivity index (χ0v) is 17.0. The molecule has 0 radical (unpaired) electrons. The van der Waals surface area contributed by atoms with Gasteiger partial charge in [-0.05, 0) is 6.42 Å². The lowest BCUT2D eigenvalue weighted by atomic mass is 9.84. The van der Waals surface area contributed by atoms with Gasteiger partial charge in [0.1, 0.15) is 0 Å². The van der Waals surface area contributed by atoms with Gasteiger partial charge in [0.2, 0.25) is 0 Å². The smallest absolute Gasteiger partial charge is 0.380 e. The van der Waals surface area contributed by atoms with Crippen LogP contribution in [0.25, 0.3) is 0 Å². The minimum atomic E-state index is -8.61. The van der Waals surface area contributed by atoms with Gasteiger partial charge in [-0.25, -0.2) is 0 Å². The van der Waals surface area contributed by atoms with E-state index in [1.807, 2.05) is 0 Å². The summed E-state index contributed by atoms with van der Waals surface area (Å²) in [5.41, 5.74) is -0.786. The Bertz CT molecular complexity index is 733. The quantitative estimate of drug-likeness (QED) is 0.192. The summed E-state index contributed by atoms with van der Waals surface area (Å²) in [5, 5.41) is 0. The fourth-order valence-corrected chi connectivity index (χ4v) is 2.62. The highest BCUT2D eigenvalue weighted by Gasteiger charge is 2.95. The molecule has 0 aliphatic carbocycles. The molecule has 0 atom stereocenters. The topological polar surface area (TPSA) is 18.5 Å². The standard InChI is InChI=1S/C16H15F17O2/c1-2-8(6-35-7-8)5-34-4-3-9(17,18)10(19,20)11(21,22)12(23,24)13(25,26)14(27,28)15(29,30)16(31,32)33/h2-7H2,1H3. The fraction of sp³-hybridized carbons (Fsp3) is 1.00. The first kappa shape index (κ1) is 31.8. The second-order valence-electron chi connectivity index (χ2n) is 7.80. The molecule has 0 unspecified atom stereocenters. The number of halogens is 17. The first-order valence-electron chi connectivity index (χ1n) is 9.09. The van der Waals surface area contributed by atoms with Gasteiger partial charge in [-0.3, -0.25) is 0 Å². The molecular weight excluding hydrogens is 547 g/mol. The van der Waals surface area contributed by atoms with E-state index in [1.165, 1.54) is 0 Å². The predicted octanol–water partition coefficient (Wildman–Crippen LogP) is 6.83. The number of hydrogen-bond donors (Lipinski definition) is 0. The van der Waals surface area contributed by atoms with E-state index in [9.17, 15) is 74.6 Å². The Hall–Kier alpha value is -1.27. The van der Waals surface area contributed by atoms with Crippen molar-refractivity contribution in [3.63, 3.8) is 0 Å². The van der Waals surface area contributed by atoms with E-state index in [0.29, 0.717) is 0 Å². The molecule has 0 aromatic heterocycles. The Labute approximate surface area is 184 Å². The van der Waals surface area contributed by atoms with Crippen LogP contribution in [0.5, 0.6) is 0 Å². The average Bonchev–Trinajstić information content (AvgIpc) is 2.64. The first-order valence-corrected chi connectivity index (χ1v) is 9.09. The molecule has 1 fully saturated rings. The molecule has 210 valence electrons. The van der Waals surface area contributed by atoms with Crippen LogP contribution >= 0.6 is 0 Å². The maximum atomic E-state index is 13.7.